The molecule has 2 aromatic heterocycles. The molecule has 0 spiro atoms. The highest BCUT2D eigenvalue weighted by Crippen LogP contribution is 2.47. The number of hydrogen-bond donors (Lipinski definition) is 2. The molecule has 5 rings (SSSR count). The van der Waals surface area contributed by atoms with Crippen molar-refractivity contribution >= 4 is 17.1 Å². The fraction of sp³-hybridized carbons (Fsp3) is 0.550. The fourth-order valence-electron chi connectivity index (χ4n) is 4.58. The van der Waals surface area contributed by atoms with Gasteiger partial charge in [0.25, 0.3) is 0 Å². The van der Waals surface area contributed by atoms with Gasteiger partial charge in [0.2, 0.25) is 5.88 Å². The maximum absolute atomic E-state index is 14.7. The van der Waals surface area contributed by atoms with E-state index in [2.05, 4.69) is 15.3 Å². The summed E-state index contributed by atoms with van der Waals surface area (Å²) in [6, 6.07) is 3.43. The zero-order valence-electron chi connectivity index (χ0n) is 16.4. The van der Waals surface area contributed by atoms with Gasteiger partial charge in [-0.1, -0.05) is 0 Å². The molecule has 0 radical (unpaired) electrons. The molecule has 1 aliphatic carbocycles. The third-order valence-corrected chi connectivity index (χ3v) is 6.27. The molecule has 2 bridgehead atoms. The van der Waals surface area contributed by atoms with Crippen LogP contribution in [0, 0.1) is 5.82 Å². The Kier molecular flexibility index (Phi) is 5.04. The fourth-order valence-corrected chi connectivity index (χ4v) is 4.58. The average Bonchev–Trinajstić information content (AvgIpc) is 2.73. The van der Waals surface area contributed by atoms with E-state index in [4.69, 9.17) is 19.3 Å². The Hall–Kier alpha value is -2.52. The predicted molar refractivity (Wildman–Crippen MR) is 102 cm³/mol. The minimum atomic E-state index is -1.04. The average molecular weight is 405 g/mol. The molecule has 3 aliphatic rings. The van der Waals surface area contributed by atoms with Crippen LogP contribution in [-0.4, -0.2) is 59.2 Å². The minimum absolute atomic E-state index is 0.265. The SMILES string of the molecule is COc1ccc2ncc(F)c(CC(OC)C34CCC(NC(=O)O)(CC3)CO4)c2n1. The molecule has 2 aliphatic heterocycles. The molecule has 29 heavy (non-hydrogen) atoms. The van der Waals surface area contributed by atoms with Gasteiger partial charge in [0, 0.05) is 25.2 Å². The number of carbonyl (C=O) groups is 1. The van der Waals surface area contributed by atoms with E-state index in [1.807, 2.05) is 0 Å². The van der Waals surface area contributed by atoms with Gasteiger partial charge >= 0.3 is 6.09 Å². The molecule has 4 heterocycles. The van der Waals surface area contributed by atoms with Gasteiger partial charge in [-0.2, -0.15) is 0 Å². The van der Waals surface area contributed by atoms with Gasteiger partial charge < -0.3 is 24.6 Å². The van der Waals surface area contributed by atoms with Gasteiger partial charge in [-0.25, -0.2) is 14.2 Å². The predicted octanol–water partition coefficient (Wildman–Crippen LogP) is 2.68. The van der Waals surface area contributed by atoms with Gasteiger partial charge in [-0.15, -0.1) is 0 Å². The summed E-state index contributed by atoms with van der Waals surface area (Å²) in [5.41, 5.74) is 0.293. The lowest BCUT2D eigenvalue weighted by molar-refractivity contribution is -0.212. The number of nitrogens with one attached hydrogen (secondary N) is 1. The van der Waals surface area contributed by atoms with E-state index in [0.717, 1.165) is 0 Å². The van der Waals surface area contributed by atoms with Gasteiger partial charge in [0.1, 0.15) is 5.82 Å². The van der Waals surface area contributed by atoms with E-state index in [-0.39, 0.29) is 13.0 Å². The number of carboxylic acid groups (broad SMARTS) is 1. The number of halogens is 1. The second kappa shape index (κ2) is 7.38. The lowest BCUT2D eigenvalue weighted by atomic mass is 9.68. The quantitative estimate of drug-likeness (QED) is 0.762. The van der Waals surface area contributed by atoms with Crippen molar-refractivity contribution in [1.29, 1.82) is 0 Å². The highest BCUT2D eigenvalue weighted by Gasteiger charge is 2.54. The van der Waals surface area contributed by atoms with E-state index in [1.165, 1.54) is 13.3 Å². The molecular weight excluding hydrogens is 381 g/mol. The Morgan fingerprint density at radius 2 is 2.10 bits per heavy atom. The molecule has 0 aromatic carbocycles. The summed E-state index contributed by atoms with van der Waals surface area (Å²) < 4.78 is 31.9. The summed E-state index contributed by atoms with van der Waals surface area (Å²) >= 11 is 0. The number of rotatable bonds is 6. The first kappa shape index (κ1) is 19.8. The van der Waals surface area contributed by atoms with E-state index in [9.17, 15) is 9.18 Å². The molecule has 1 atom stereocenters. The first-order valence-electron chi connectivity index (χ1n) is 9.56. The first-order valence-corrected chi connectivity index (χ1v) is 9.56. The maximum Gasteiger partial charge on any atom is 0.405 e. The standard InChI is InChI=1S/C20H24FN3O5/c1-27-15(20-7-5-19(6-8-20,11-29-20)24-18(25)26)9-12-13(21)10-22-14-3-4-16(28-2)23-17(12)14/h3-4,10,15,24H,5-9,11H2,1-2H3,(H,25,26). The zero-order valence-corrected chi connectivity index (χ0v) is 16.4. The molecular formula is C20H24FN3O5. The van der Waals surface area contributed by atoms with Crippen molar-refractivity contribution in [3.8, 4) is 5.88 Å². The van der Waals surface area contributed by atoms with Crippen LogP contribution in [0.4, 0.5) is 9.18 Å². The Morgan fingerprint density at radius 1 is 1.34 bits per heavy atom. The van der Waals surface area contributed by atoms with E-state index in [1.54, 1.807) is 19.2 Å². The maximum atomic E-state index is 14.7. The van der Waals surface area contributed by atoms with Crippen LogP contribution in [-0.2, 0) is 15.9 Å². The number of aromatic nitrogens is 2. The van der Waals surface area contributed by atoms with Gasteiger partial charge in [0.05, 0.1) is 48.2 Å². The summed E-state index contributed by atoms with van der Waals surface area (Å²) in [5, 5.41) is 11.7. The number of pyridine rings is 2. The molecule has 1 amide bonds. The van der Waals surface area contributed by atoms with E-state index >= 15 is 0 Å². The summed E-state index contributed by atoms with van der Waals surface area (Å²) in [6.07, 6.45) is 2.59. The van der Waals surface area contributed by atoms with Crippen LogP contribution in [0.1, 0.15) is 31.2 Å². The second-order valence-corrected chi connectivity index (χ2v) is 7.80. The molecule has 8 nitrogen and oxygen atoms in total. The normalized spacial score (nSPS) is 27.0. The number of nitrogens with zero attached hydrogens (tertiary/aromatic N) is 2. The highest BCUT2D eigenvalue weighted by atomic mass is 19.1. The summed E-state index contributed by atoms with van der Waals surface area (Å²) in [7, 11) is 3.09. The van der Waals surface area contributed by atoms with E-state index < -0.39 is 29.2 Å². The zero-order chi connectivity index (χ0) is 20.6. The number of amides is 1. The third kappa shape index (κ3) is 3.49. The van der Waals surface area contributed by atoms with Crippen LogP contribution in [0.15, 0.2) is 18.3 Å². The van der Waals surface area contributed by atoms with E-state index in [0.29, 0.717) is 48.2 Å². The van der Waals surface area contributed by atoms with Crippen molar-refractivity contribution in [3.63, 3.8) is 0 Å². The van der Waals surface area contributed by atoms with Gasteiger partial charge in [-0.05, 0) is 31.7 Å². The Morgan fingerprint density at radius 3 is 2.69 bits per heavy atom. The van der Waals surface area contributed by atoms with Crippen molar-refractivity contribution in [2.45, 2.75) is 49.3 Å². The number of ether oxygens (including phenoxy) is 3. The molecule has 1 unspecified atom stereocenters. The van der Waals surface area contributed by atoms with Crippen molar-refractivity contribution < 1.29 is 28.5 Å². The largest absolute Gasteiger partial charge is 0.481 e. The van der Waals surface area contributed by atoms with Crippen LogP contribution >= 0.6 is 0 Å². The molecule has 2 saturated heterocycles. The van der Waals surface area contributed by atoms with Crippen LogP contribution in [0.2, 0.25) is 0 Å². The number of methoxy groups -OCH3 is 2. The third-order valence-electron chi connectivity index (χ3n) is 6.27. The van der Waals surface area contributed by atoms with Gasteiger partial charge in [0.15, 0.2) is 0 Å². The molecule has 2 aromatic rings. The lowest BCUT2D eigenvalue weighted by Gasteiger charge is -2.55. The van der Waals surface area contributed by atoms with Crippen molar-refractivity contribution in [1.82, 2.24) is 15.3 Å². The molecule has 3 fully saturated rings. The molecule has 156 valence electrons. The molecule has 1 saturated carbocycles. The lowest BCUT2D eigenvalue weighted by Crippen LogP contribution is -2.66. The minimum Gasteiger partial charge on any atom is -0.481 e. The van der Waals surface area contributed by atoms with Crippen LogP contribution in [0.3, 0.4) is 0 Å². The van der Waals surface area contributed by atoms with Crippen molar-refractivity contribution in [2.24, 2.45) is 0 Å². The van der Waals surface area contributed by atoms with Crippen molar-refractivity contribution in [2.75, 3.05) is 20.8 Å². The summed E-state index contributed by atoms with van der Waals surface area (Å²) in [4.78, 5) is 19.6. The monoisotopic (exact) mass is 405 g/mol. The summed E-state index contributed by atoms with van der Waals surface area (Å²) in [6.45, 7) is 0.283. The van der Waals surface area contributed by atoms with Crippen LogP contribution < -0.4 is 10.1 Å². The first-order chi connectivity index (χ1) is 13.9. The topological polar surface area (TPSA) is 103 Å². The highest BCUT2D eigenvalue weighted by molar-refractivity contribution is 5.78. The number of fused-ring (bicyclic) bond motifs is 4. The molecule has 9 heteroatoms. The van der Waals surface area contributed by atoms with Crippen LogP contribution in [0.25, 0.3) is 11.0 Å². The van der Waals surface area contributed by atoms with Crippen molar-refractivity contribution in [3.05, 3.63) is 29.7 Å². The van der Waals surface area contributed by atoms with Gasteiger partial charge in [-0.3, -0.25) is 4.98 Å². The molecule has 2 N–H and O–H groups in total. The Balaban J connectivity index is 1.62. The number of hydrogen-bond acceptors (Lipinski definition) is 6. The van der Waals surface area contributed by atoms with Crippen LogP contribution in [0.5, 0.6) is 5.88 Å². The second-order valence-electron chi connectivity index (χ2n) is 7.80. The summed E-state index contributed by atoms with van der Waals surface area (Å²) in [5.74, 6) is -0.0698. The smallest absolute Gasteiger partial charge is 0.405 e. The Labute approximate surface area is 167 Å². The Bertz CT molecular complexity index is 913.